The van der Waals surface area contributed by atoms with Crippen LogP contribution in [0.2, 0.25) is 0 Å². The maximum Gasteiger partial charge on any atom is 0.376 e. The van der Waals surface area contributed by atoms with Gasteiger partial charge in [0.2, 0.25) is 11.6 Å². The van der Waals surface area contributed by atoms with Gasteiger partial charge in [-0.2, -0.15) is 0 Å². The third-order valence-electron chi connectivity index (χ3n) is 2.08. The van der Waals surface area contributed by atoms with Crippen LogP contribution in [0.5, 0.6) is 0 Å². The number of aromatic nitrogens is 3. The van der Waals surface area contributed by atoms with Crippen LogP contribution in [0.25, 0.3) is 11.7 Å². The summed E-state index contributed by atoms with van der Waals surface area (Å²) in [6.07, 6.45) is -0.155. The Morgan fingerprint density at radius 2 is 2.11 bits per heavy atom. The molecule has 2 aromatic heterocycles. The Morgan fingerprint density at radius 1 is 1.42 bits per heavy atom. The van der Waals surface area contributed by atoms with Gasteiger partial charge in [-0.05, 0) is 13.0 Å². The molecule has 100 valence electrons. The Kier molecular flexibility index (Phi) is 3.79. The quantitative estimate of drug-likeness (QED) is 0.792. The van der Waals surface area contributed by atoms with Crippen LogP contribution < -0.4 is 0 Å². The number of nitrogens with zero attached hydrogens (tertiary/aromatic N) is 3. The molecule has 2 heterocycles. The monoisotopic (exact) mass is 269 g/mol. The van der Waals surface area contributed by atoms with Gasteiger partial charge in [-0.15, -0.1) is 0 Å². The predicted octanol–water partition coefficient (Wildman–Crippen LogP) is 2.25. The number of carbonyl (C=O) groups is 1. The summed E-state index contributed by atoms with van der Waals surface area (Å²) < 4.78 is 35.2. The molecule has 0 saturated carbocycles. The lowest BCUT2D eigenvalue weighted by Crippen LogP contribution is -2.06. The van der Waals surface area contributed by atoms with E-state index in [1.54, 1.807) is 13.0 Å². The van der Waals surface area contributed by atoms with Crippen LogP contribution in [0.4, 0.5) is 8.78 Å². The summed E-state index contributed by atoms with van der Waals surface area (Å²) in [5, 5.41) is 0. The zero-order valence-electron chi connectivity index (χ0n) is 9.84. The number of hydrogen-bond donors (Lipinski definition) is 0. The molecule has 0 aliphatic carbocycles. The second kappa shape index (κ2) is 5.51. The van der Waals surface area contributed by atoms with Crippen LogP contribution in [-0.4, -0.2) is 27.5 Å². The van der Waals surface area contributed by atoms with Crippen molar-refractivity contribution in [2.45, 2.75) is 13.3 Å². The average Bonchev–Trinajstić information content (AvgIpc) is 2.85. The minimum atomic E-state index is -2.96. The highest BCUT2D eigenvalue weighted by Gasteiger charge is 2.28. The first-order valence-corrected chi connectivity index (χ1v) is 5.36. The summed E-state index contributed by atoms with van der Waals surface area (Å²) in [6.45, 7) is 1.59. The van der Waals surface area contributed by atoms with E-state index in [4.69, 9.17) is 4.42 Å². The summed E-state index contributed by atoms with van der Waals surface area (Å²) in [7, 11) is 0. The fourth-order valence-corrected chi connectivity index (χ4v) is 1.33. The van der Waals surface area contributed by atoms with E-state index in [0.29, 0.717) is 0 Å². The normalized spacial score (nSPS) is 10.7. The fourth-order valence-electron chi connectivity index (χ4n) is 1.33. The molecule has 0 fully saturated rings. The highest BCUT2D eigenvalue weighted by molar-refractivity contribution is 5.88. The molecule has 0 bridgehead atoms. The van der Waals surface area contributed by atoms with Crippen LogP contribution in [-0.2, 0) is 4.74 Å². The number of oxazole rings is 1. The molecule has 2 aromatic rings. The molecule has 0 N–H and O–H groups in total. The second-order valence-electron chi connectivity index (χ2n) is 3.33. The smallest absolute Gasteiger partial charge is 0.376 e. The molecular weight excluding hydrogens is 260 g/mol. The predicted molar refractivity (Wildman–Crippen MR) is 58.4 cm³/mol. The van der Waals surface area contributed by atoms with E-state index in [9.17, 15) is 13.6 Å². The van der Waals surface area contributed by atoms with Gasteiger partial charge in [0.25, 0.3) is 12.3 Å². The van der Waals surface area contributed by atoms with Gasteiger partial charge >= 0.3 is 5.97 Å². The first-order chi connectivity index (χ1) is 9.13. The maximum absolute atomic E-state index is 12.8. The zero-order chi connectivity index (χ0) is 13.8. The van der Waals surface area contributed by atoms with Crippen molar-refractivity contribution in [3.8, 4) is 11.7 Å². The Balaban J connectivity index is 2.44. The van der Waals surface area contributed by atoms with Crippen LogP contribution in [0.3, 0.4) is 0 Å². The molecule has 0 aliphatic heterocycles. The van der Waals surface area contributed by atoms with E-state index in [-0.39, 0.29) is 18.3 Å². The lowest BCUT2D eigenvalue weighted by molar-refractivity contribution is 0.0476. The Morgan fingerprint density at radius 3 is 2.68 bits per heavy atom. The minimum Gasteiger partial charge on any atom is -0.460 e. The molecule has 0 amide bonds. The van der Waals surface area contributed by atoms with E-state index in [1.165, 1.54) is 12.4 Å². The number of esters is 1. The molecule has 8 heteroatoms. The second-order valence-corrected chi connectivity index (χ2v) is 3.33. The Hall–Kier alpha value is -2.38. The minimum absolute atomic E-state index is 0.0138. The number of carbonyl (C=O) groups excluding carboxylic acids is 1. The number of alkyl halides is 2. The molecule has 2 rings (SSSR count). The SMILES string of the molecule is CCOC(=O)c1oc(-c2ncccn2)nc1C(F)F. The molecule has 0 spiro atoms. The van der Waals surface area contributed by atoms with Gasteiger partial charge in [0.1, 0.15) is 0 Å². The van der Waals surface area contributed by atoms with E-state index in [0.717, 1.165) is 0 Å². The molecule has 19 heavy (non-hydrogen) atoms. The average molecular weight is 269 g/mol. The van der Waals surface area contributed by atoms with Gasteiger partial charge < -0.3 is 9.15 Å². The van der Waals surface area contributed by atoms with Gasteiger partial charge in [0.05, 0.1) is 6.61 Å². The molecule has 0 aromatic carbocycles. The highest BCUT2D eigenvalue weighted by Crippen LogP contribution is 2.27. The molecule has 6 nitrogen and oxygen atoms in total. The van der Waals surface area contributed by atoms with Crippen molar-refractivity contribution >= 4 is 5.97 Å². The first-order valence-electron chi connectivity index (χ1n) is 5.36. The summed E-state index contributed by atoms with van der Waals surface area (Å²) in [4.78, 5) is 22.6. The Bertz CT molecular complexity index is 572. The summed E-state index contributed by atoms with van der Waals surface area (Å²) in [6, 6.07) is 1.55. The zero-order valence-corrected chi connectivity index (χ0v) is 9.84. The number of rotatable bonds is 4. The summed E-state index contributed by atoms with van der Waals surface area (Å²) in [5.74, 6) is -1.86. The molecular formula is C11H9F2N3O3. The van der Waals surface area contributed by atoms with Crippen molar-refractivity contribution in [1.82, 2.24) is 15.0 Å². The van der Waals surface area contributed by atoms with E-state index in [1.807, 2.05) is 0 Å². The van der Waals surface area contributed by atoms with E-state index in [2.05, 4.69) is 19.7 Å². The van der Waals surface area contributed by atoms with Gasteiger partial charge in [0, 0.05) is 12.4 Å². The molecule has 0 unspecified atom stereocenters. The highest BCUT2D eigenvalue weighted by atomic mass is 19.3. The third-order valence-corrected chi connectivity index (χ3v) is 2.08. The van der Waals surface area contributed by atoms with Crippen molar-refractivity contribution in [2.24, 2.45) is 0 Å². The number of ether oxygens (including phenoxy) is 1. The lowest BCUT2D eigenvalue weighted by Gasteiger charge is -1.99. The first kappa shape index (κ1) is 13.1. The lowest BCUT2D eigenvalue weighted by atomic mass is 10.3. The van der Waals surface area contributed by atoms with Crippen LogP contribution in [0.1, 0.15) is 29.6 Å². The summed E-state index contributed by atoms with van der Waals surface area (Å²) >= 11 is 0. The van der Waals surface area contributed by atoms with Crippen LogP contribution >= 0.6 is 0 Å². The number of hydrogen-bond acceptors (Lipinski definition) is 6. The topological polar surface area (TPSA) is 78.1 Å². The van der Waals surface area contributed by atoms with Crippen molar-refractivity contribution in [3.05, 3.63) is 29.9 Å². The van der Waals surface area contributed by atoms with Crippen molar-refractivity contribution in [2.75, 3.05) is 6.61 Å². The largest absolute Gasteiger partial charge is 0.460 e. The Labute approximate surface area is 106 Å². The molecule has 0 aliphatic rings. The fraction of sp³-hybridized carbons (Fsp3) is 0.273. The molecule has 0 atom stereocenters. The number of halogens is 2. The van der Waals surface area contributed by atoms with Crippen LogP contribution in [0.15, 0.2) is 22.9 Å². The summed E-state index contributed by atoms with van der Waals surface area (Å²) in [5.41, 5.74) is -0.777. The van der Waals surface area contributed by atoms with Gasteiger partial charge in [-0.1, -0.05) is 0 Å². The van der Waals surface area contributed by atoms with Gasteiger partial charge in [0.15, 0.2) is 5.69 Å². The van der Waals surface area contributed by atoms with E-state index < -0.39 is 23.8 Å². The molecule has 0 saturated heterocycles. The van der Waals surface area contributed by atoms with Gasteiger partial charge in [-0.25, -0.2) is 28.5 Å². The third kappa shape index (κ3) is 2.72. The van der Waals surface area contributed by atoms with Crippen molar-refractivity contribution in [1.29, 1.82) is 0 Å². The van der Waals surface area contributed by atoms with Crippen molar-refractivity contribution in [3.63, 3.8) is 0 Å². The van der Waals surface area contributed by atoms with Crippen molar-refractivity contribution < 1.29 is 22.7 Å². The van der Waals surface area contributed by atoms with Gasteiger partial charge in [-0.3, -0.25) is 0 Å². The van der Waals surface area contributed by atoms with Crippen LogP contribution in [0, 0.1) is 0 Å². The maximum atomic E-state index is 12.8. The standard InChI is InChI=1S/C11H9F2N3O3/c1-2-18-11(17)7-6(8(12)13)16-10(19-7)9-14-4-3-5-15-9/h3-5,8H,2H2,1H3. The molecule has 0 radical (unpaired) electrons. The van der Waals surface area contributed by atoms with E-state index >= 15 is 0 Å².